The van der Waals surface area contributed by atoms with Gasteiger partial charge in [-0.25, -0.2) is 0 Å². The third-order valence-corrected chi connectivity index (χ3v) is 1.87. The summed E-state index contributed by atoms with van der Waals surface area (Å²) in [6.07, 6.45) is 6.08. The number of rotatable bonds is 0. The van der Waals surface area contributed by atoms with Crippen molar-refractivity contribution in [2.75, 3.05) is 11.9 Å². The highest BCUT2D eigenvalue weighted by molar-refractivity contribution is 5.71. The molecule has 56 valence electrons. The first-order valence-electron chi connectivity index (χ1n) is 3.74. The molecule has 11 heavy (non-hydrogen) atoms. The number of nitrogens with zero attached hydrogens (tertiary/aromatic N) is 1. The van der Waals surface area contributed by atoms with Crippen LogP contribution in [-0.2, 0) is 0 Å². The van der Waals surface area contributed by atoms with Crippen LogP contribution in [0.2, 0.25) is 0 Å². The molecule has 2 heteroatoms. The van der Waals surface area contributed by atoms with E-state index in [2.05, 4.69) is 22.5 Å². The van der Waals surface area contributed by atoms with E-state index in [0.29, 0.717) is 0 Å². The summed E-state index contributed by atoms with van der Waals surface area (Å²) in [5.41, 5.74) is 3.49. The summed E-state index contributed by atoms with van der Waals surface area (Å²) in [7, 11) is 0. The monoisotopic (exact) mass is 146 g/mol. The molecule has 0 aliphatic carbocycles. The smallest absolute Gasteiger partial charge is 0.0632 e. The van der Waals surface area contributed by atoms with E-state index in [1.54, 1.807) is 0 Å². The largest absolute Gasteiger partial charge is 0.380 e. The average molecular weight is 146 g/mol. The molecule has 0 saturated heterocycles. The molecule has 0 unspecified atom stereocenters. The fourth-order valence-corrected chi connectivity index (χ4v) is 1.30. The highest BCUT2D eigenvalue weighted by Gasteiger charge is 2.05. The Kier molecular flexibility index (Phi) is 1.39. The standard InChI is InChI=1S/C9H10N2/c1-7-9-8(4-6-10-7)3-2-5-11-9/h2-4,6,11H,5H2,1H3. The second kappa shape index (κ2) is 2.38. The van der Waals surface area contributed by atoms with Crippen LogP contribution in [-0.4, -0.2) is 11.5 Å². The van der Waals surface area contributed by atoms with Crippen molar-refractivity contribution < 1.29 is 0 Å². The van der Waals surface area contributed by atoms with Gasteiger partial charge in [-0.1, -0.05) is 12.2 Å². The van der Waals surface area contributed by atoms with Gasteiger partial charge in [-0.2, -0.15) is 0 Å². The van der Waals surface area contributed by atoms with Gasteiger partial charge in [-0.05, 0) is 13.0 Å². The summed E-state index contributed by atoms with van der Waals surface area (Å²) in [6, 6.07) is 2.02. The van der Waals surface area contributed by atoms with E-state index in [-0.39, 0.29) is 0 Å². The first-order chi connectivity index (χ1) is 5.38. The fraction of sp³-hybridized carbons (Fsp3) is 0.222. The zero-order valence-electron chi connectivity index (χ0n) is 6.46. The lowest BCUT2D eigenvalue weighted by atomic mass is 10.1. The van der Waals surface area contributed by atoms with Gasteiger partial charge in [0.25, 0.3) is 0 Å². The Labute approximate surface area is 66.0 Å². The summed E-state index contributed by atoms with van der Waals surface area (Å²) >= 11 is 0. The van der Waals surface area contributed by atoms with E-state index >= 15 is 0 Å². The third kappa shape index (κ3) is 1.00. The van der Waals surface area contributed by atoms with Crippen LogP contribution in [0.4, 0.5) is 5.69 Å². The Morgan fingerprint density at radius 3 is 3.27 bits per heavy atom. The van der Waals surface area contributed by atoms with Gasteiger partial charge in [0, 0.05) is 18.3 Å². The van der Waals surface area contributed by atoms with Crippen LogP contribution in [0, 0.1) is 6.92 Å². The predicted molar refractivity (Wildman–Crippen MR) is 46.5 cm³/mol. The molecule has 0 amide bonds. The molecule has 0 fully saturated rings. The first kappa shape index (κ1) is 6.40. The van der Waals surface area contributed by atoms with Crippen LogP contribution in [0.1, 0.15) is 11.3 Å². The van der Waals surface area contributed by atoms with Crippen LogP contribution in [0.3, 0.4) is 0 Å². The van der Waals surface area contributed by atoms with Crippen molar-refractivity contribution in [3.8, 4) is 0 Å². The molecular formula is C9H10N2. The summed E-state index contributed by atoms with van der Waals surface area (Å²) in [5, 5.41) is 3.28. The Morgan fingerprint density at radius 2 is 2.45 bits per heavy atom. The van der Waals surface area contributed by atoms with Crippen LogP contribution >= 0.6 is 0 Å². The molecule has 1 N–H and O–H groups in total. The van der Waals surface area contributed by atoms with Gasteiger partial charge >= 0.3 is 0 Å². The summed E-state index contributed by atoms with van der Waals surface area (Å²) < 4.78 is 0. The van der Waals surface area contributed by atoms with Crippen molar-refractivity contribution in [2.45, 2.75) is 6.92 Å². The predicted octanol–water partition coefficient (Wildman–Crippen LogP) is 1.83. The summed E-state index contributed by atoms with van der Waals surface area (Å²) in [5.74, 6) is 0. The Bertz CT molecular complexity index is 302. The zero-order valence-corrected chi connectivity index (χ0v) is 6.46. The highest BCUT2D eigenvalue weighted by atomic mass is 14.9. The second-order valence-electron chi connectivity index (χ2n) is 2.64. The molecule has 0 aromatic carbocycles. The van der Waals surface area contributed by atoms with Crippen molar-refractivity contribution in [3.05, 3.63) is 29.6 Å². The molecule has 0 saturated carbocycles. The van der Waals surface area contributed by atoms with E-state index < -0.39 is 0 Å². The average Bonchev–Trinajstić information content (AvgIpc) is 2.06. The SMILES string of the molecule is Cc1nccc2c1NCC=C2. The lowest BCUT2D eigenvalue weighted by Crippen LogP contribution is -2.06. The summed E-state index contributed by atoms with van der Waals surface area (Å²) in [4.78, 5) is 4.20. The van der Waals surface area contributed by atoms with Gasteiger partial charge in [0.05, 0.1) is 11.4 Å². The molecule has 2 heterocycles. The minimum atomic E-state index is 0.916. The molecule has 0 spiro atoms. The van der Waals surface area contributed by atoms with E-state index in [1.165, 1.54) is 11.3 Å². The van der Waals surface area contributed by atoms with Gasteiger partial charge in [-0.15, -0.1) is 0 Å². The molecule has 2 nitrogen and oxygen atoms in total. The minimum absolute atomic E-state index is 0.916. The molecule has 0 bridgehead atoms. The molecule has 0 atom stereocenters. The molecular weight excluding hydrogens is 136 g/mol. The van der Waals surface area contributed by atoms with Gasteiger partial charge < -0.3 is 5.32 Å². The quantitative estimate of drug-likeness (QED) is 0.604. The van der Waals surface area contributed by atoms with Crippen LogP contribution in [0.25, 0.3) is 6.08 Å². The van der Waals surface area contributed by atoms with E-state index in [1.807, 2.05) is 19.2 Å². The third-order valence-electron chi connectivity index (χ3n) is 1.87. The van der Waals surface area contributed by atoms with Crippen molar-refractivity contribution >= 4 is 11.8 Å². The van der Waals surface area contributed by atoms with Crippen molar-refractivity contribution in [3.63, 3.8) is 0 Å². The molecule has 1 aromatic heterocycles. The number of fused-ring (bicyclic) bond motifs is 1. The number of pyridine rings is 1. The topological polar surface area (TPSA) is 24.9 Å². The van der Waals surface area contributed by atoms with Gasteiger partial charge in [0.15, 0.2) is 0 Å². The van der Waals surface area contributed by atoms with E-state index in [4.69, 9.17) is 0 Å². The lowest BCUT2D eigenvalue weighted by molar-refractivity contribution is 1.16. The van der Waals surface area contributed by atoms with Gasteiger partial charge in [0.1, 0.15) is 0 Å². The van der Waals surface area contributed by atoms with Crippen LogP contribution in [0.5, 0.6) is 0 Å². The Morgan fingerprint density at radius 1 is 1.55 bits per heavy atom. The van der Waals surface area contributed by atoms with Crippen molar-refractivity contribution in [1.82, 2.24) is 4.98 Å². The molecule has 1 aliphatic heterocycles. The van der Waals surface area contributed by atoms with Crippen LogP contribution in [0.15, 0.2) is 18.3 Å². The molecule has 2 rings (SSSR count). The molecule has 0 radical (unpaired) electrons. The first-order valence-corrected chi connectivity index (χ1v) is 3.74. The second-order valence-corrected chi connectivity index (χ2v) is 2.64. The van der Waals surface area contributed by atoms with Crippen molar-refractivity contribution in [1.29, 1.82) is 0 Å². The Balaban J connectivity index is 2.60. The number of anilines is 1. The van der Waals surface area contributed by atoms with E-state index in [9.17, 15) is 0 Å². The zero-order chi connectivity index (χ0) is 7.68. The van der Waals surface area contributed by atoms with Crippen molar-refractivity contribution in [2.24, 2.45) is 0 Å². The number of nitrogens with one attached hydrogen (secondary N) is 1. The Hall–Kier alpha value is -1.31. The van der Waals surface area contributed by atoms with Crippen LogP contribution < -0.4 is 5.32 Å². The molecule has 1 aromatic rings. The summed E-state index contributed by atoms with van der Waals surface area (Å²) in [6.45, 7) is 2.94. The van der Waals surface area contributed by atoms with Gasteiger partial charge in [-0.3, -0.25) is 4.98 Å². The van der Waals surface area contributed by atoms with E-state index in [0.717, 1.165) is 12.2 Å². The lowest BCUT2D eigenvalue weighted by Gasteiger charge is -2.13. The van der Waals surface area contributed by atoms with Gasteiger partial charge in [0.2, 0.25) is 0 Å². The number of aromatic nitrogens is 1. The maximum absolute atomic E-state index is 4.20. The highest BCUT2D eigenvalue weighted by Crippen LogP contribution is 2.21. The molecule has 1 aliphatic rings. The normalized spacial score (nSPS) is 13.9. The minimum Gasteiger partial charge on any atom is -0.380 e. The maximum atomic E-state index is 4.20. The maximum Gasteiger partial charge on any atom is 0.0632 e. The fourth-order valence-electron chi connectivity index (χ4n) is 1.30. The number of hydrogen-bond donors (Lipinski definition) is 1. The number of aryl methyl sites for hydroxylation is 1. The number of hydrogen-bond acceptors (Lipinski definition) is 2.